The second-order valence-electron chi connectivity index (χ2n) is 3.29. The molecule has 1 saturated carbocycles. The Bertz CT molecular complexity index is 202. The summed E-state index contributed by atoms with van der Waals surface area (Å²) in [5, 5.41) is 11.1. The maximum atomic E-state index is 10.5. The van der Waals surface area contributed by atoms with Gasteiger partial charge in [-0.3, -0.25) is 9.59 Å². The molecule has 0 aromatic rings. The molecule has 0 heterocycles. The zero-order valence-corrected chi connectivity index (χ0v) is 7.04. The predicted octanol–water partition coefficient (Wildman–Crippen LogP) is 0.233. The molecule has 1 rings (SSSR count). The van der Waals surface area contributed by atoms with E-state index in [1.54, 1.807) is 0 Å². The highest BCUT2D eigenvalue weighted by Crippen LogP contribution is 2.40. The van der Waals surface area contributed by atoms with Crippen LogP contribution >= 0.6 is 0 Å². The highest BCUT2D eigenvalue weighted by Gasteiger charge is 2.38. The Morgan fingerprint density at radius 3 is 2.67 bits per heavy atom. The zero-order chi connectivity index (χ0) is 9.14. The van der Waals surface area contributed by atoms with Crippen LogP contribution in [0.5, 0.6) is 0 Å². The minimum Gasteiger partial charge on any atom is -0.481 e. The Kier molecular flexibility index (Phi) is 2.68. The van der Waals surface area contributed by atoms with Crippen molar-refractivity contribution >= 4 is 11.9 Å². The molecule has 0 aromatic carbocycles. The van der Waals surface area contributed by atoms with E-state index in [4.69, 9.17) is 5.11 Å². The number of carboxylic acids is 1. The molecular formula is C8H13NO3. The Hall–Kier alpha value is -1.06. The summed E-state index contributed by atoms with van der Waals surface area (Å²) in [7, 11) is 0. The molecule has 2 N–H and O–H groups in total. The van der Waals surface area contributed by atoms with Crippen molar-refractivity contribution in [2.75, 3.05) is 6.54 Å². The molecule has 0 unspecified atom stereocenters. The first kappa shape index (κ1) is 9.03. The number of rotatable bonds is 4. The molecule has 0 aromatic heterocycles. The van der Waals surface area contributed by atoms with E-state index in [9.17, 15) is 9.59 Å². The summed E-state index contributed by atoms with van der Waals surface area (Å²) in [5.74, 6) is -0.111. The number of carboxylic acid groups (broad SMARTS) is 1. The standard InChI is InChI=1S/C8H13NO3/c1-5(10)9-4-7-2-6(7)3-8(11)12/h6-7H,2-4H2,1H3,(H,9,10)(H,11,12)/t6-,7+/m1/s1. The third-order valence-corrected chi connectivity index (χ3v) is 2.12. The van der Waals surface area contributed by atoms with Crippen molar-refractivity contribution in [1.82, 2.24) is 5.32 Å². The van der Waals surface area contributed by atoms with E-state index in [0.29, 0.717) is 12.5 Å². The lowest BCUT2D eigenvalue weighted by Gasteiger charge is -1.98. The van der Waals surface area contributed by atoms with E-state index >= 15 is 0 Å². The fourth-order valence-corrected chi connectivity index (χ4v) is 1.31. The summed E-state index contributed by atoms with van der Waals surface area (Å²) in [5.41, 5.74) is 0. The molecular weight excluding hydrogens is 158 g/mol. The van der Waals surface area contributed by atoms with Gasteiger partial charge >= 0.3 is 5.97 Å². The van der Waals surface area contributed by atoms with Crippen LogP contribution in [0.25, 0.3) is 0 Å². The normalized spacial score (nSPS) is 26.4. The van der Waals surface area contributed by atoms with E-state index in [1.165, 1.54) is 6.92 Å². The maximum Gasteiger partial charge on any atom is 0.303 e. The van der Waals surface area contributed by atoms with Crippen molar-refractivity contribution in [2.45, 2.75) is 19.8 Å². The number of amides is 1. The second-order valence-corrected chi connectivity index (χ2v) is 3.29. The van der Waals surface area contributed by atoms with Gasteiger partial charge in [-0.05, 0) is 18.3 Å². The Morgan fingerprint density at radius 1 is 1.50 bits per heavy atom. The minimum absolute atomic E-state index is 0.0454. The van der Waals surface area contributed by atoms with Gasteiger partial charge in [-0.2, -0.15) is 0 Å². The Morgan fingerprint density at radius 2 is 2.17 bits per heavy atom. The van der Waals surface area contributed by atoms with Crippen LogP contribution in [-0.2, 0) is 9.59 Å². The topological polar surface area (TPSA) is 66.4 Å². The summed E-state index contributed by atoms with van der Waals surface area (Å²) in [6.45, 7) is 2.10. The van der Waals surface area contributed by atoms with Crippen LogP contribution in [0.3, 0.4) is 0 Å². The molecule has 0 radical (unpaired) electrons. The molecule has 0 saturated heterocycles. The van der Waals surface area contributed by atoms with Gasteiger partial charge in [0.2, 0.25) is 5.91 Å². The van der Waals surface area contributed by atoms with Crippen molar-refractivity contribution < 1.29 is 14.7 Å². The summed E-state index contributed by atoms with van der Waals surface area (Å²) in [4.78, 5) is 20.7. The smallest absolute Gasteiger partial charge is 0.303 e. The van der Waals surface area contributed by atoms with E-state index in [0.717, 1.165) is 6.42 Å². The molecule has 0 aliphatic heterocycles. The molecule has 0 spiro atoms. The van der Waals surface area contributed by atoms with Gasteiger partial charge in [0, 0.05) is 19.9 Å². The summed E-state index contributed by atoms with van der Waals surface area (Å²) in [6.07, 6.45) is 1.18. The molecule has 1 amide bonds. The van der Waals surface area contributed by atoms with Gasteiger partial charge in [-0.15, -0.1) is 0 Å². The summed E-state index contributed by atoms with van der Waals surface area (Å²) >= 11 is 0. The molecule has 1 aliphatic rings. The molecule has 2 atom stereocenters. The van der Waals surface area contributed by atoms with E-state index in [1.807, 2.05) is 0 Å². The third-order valence-electron chi connectivity index (χ3n) is 2.12. The zero-order valence-electron chi connectivity index (χ0n) is 7.04. The number of aliphatic carboxylic acids is 1. The predicted molar refractivity (Wildman–Crippen MR) is 42.5 cm³/mol. The van der Waals surface area contributed by atoms with E-state index in [2.05, 4.69) is 5.32 Å². The first-order valence-electron chi connectivity index (χ1n) is 4.06. The molecule has 0 bridgehead atoms. The van der Waals surface area contributed by atoms with Crippen LogP contribution in [0.2, 0.25) is 0 Å². The number of nitrogens with one attached hydrogen (secondary N) is 1. The Balaban J connectivity index is 2.08. The Labute approximate surface area is 71.0 Å². The average molecular weight is 171 g/mol. The van der Waals surface area contributed by atoms with Crippen LogP contribution in [-0.4, -0.2) is 23.5 Å². The van der Waals surface area contributed by atoms with Crippen LogP contribution in [0, 0.1) is 11.8 Å². The lowest BCUT2D eigenvalue weighted by molar-refractivity contribution is -0.137. The van der Waals surface area contributed by atoms with Gasteiger partial charge in [-0.25, -0.2) is 0 Å². The number of hydrogen-bond acceptors (Lipinski definition) is 2. The van der Waals surface area contributed by atoms with Crippen LogP contribution in [0.15, 0.2) is 0 Å². The number of carbonyl (C=O) groups excluding carboxylic acids is 1. The van der Waals surface area contributed by atoms with E-state index < -0.39 is 5.97 Å². The van der Waals surface area contributed by atoms with Gasteiger partial charge in [0.15, 0.2) is 0 Å². The van der Waals surface area contributed by atoms with Gasteiger partial charge in [0.25, 0.3) is 0 Å². The highest BCUT2D eigenvalue weighted by atomic mass is 16.4. The van der Waals surface area contributed by atoms with Gasteiger partial charge in [0.1, 0.15) is 0 Å². The SMILES string of the molecule is CC(=O)NC[C@@H]1C[C@@H]1CC(=O)O. The molecule has 4 heteroatoms. The summed E-state index contributed by atoms with van der Waals surface area (Å²) in [6, 6.07) is 0. The van der Waals surface area contributed by atoms with Crippen LogP contribution in [0.4, 0.5) is 0 Å². The van der Waals surface area contributed by atoms with Crippen LogP contribution in [0.1, 0.15) is 19.8 Å². The van der Waals surface area contributed by atoms with Crippen molar-refractivity contribution in [3.63, 3.8) is 0 Å². The largest absolute Gasteiger partial charge is 0.481 e. The number of hydrogen-bond donors (Lipinski definition) is 2. The monoisotopic (exact) mass is 171 g/mol. The van der Waals surface area contributed by atoms with Gasteiger partial charge in [0.05, 0.1) is 0 Å². The fourth-order valence-electron chi connectivity index (χ4n) is 1.31. The molecule has 1 fully saturated rings. The minimum atomic E-state index is -0.745. The maximum absolute atomic E-state index is 10.5. The van der Waals surface area contributed by atoms with Crippen molar-refractivity contribution in [3.05, 3.63) is 0 Å². The van der Waals surface area contributed by atoms with Crippen molar-refractivity contribution in [2.24, 2.45) is 11.8 Å². The van der Waals surface area contributed by atoms with Crippen molar-refractivity contribution in [3.8, 4) is 0 Å². The van der Waals surface area contributed by atoms with Gasteiger partial charge < -0.3 is 10.4 Å². The van der Waals surface area contributed by atoms with Crippen LogP contribution < -0.4 is 5.32 Å². The molecule has 68 valence electrons. The fraction of sp³-hybridized carbons (Fsp3) is 0.750. The highest BCUT2D eigenvalue weighted by molar-refractivity contribution is 5.72. The first-order valence-corrected chi connectivity index (χ1v) is 4.06. The average Bonchev–Trinajstić information content (AvgIpc) is 2.62. The summed E-state index contributed by atoms with van der Waals surface area (Å²) < 4.78 is 0. The number of carbonyl (C=O) groups is 2. The third kappa shape index (κ3) is 2.90. The lowest BCUT2D eigenvalue weighted by atomic mass is 10.2. The van der Waals surface area contributed by atoms with Gasteiger partial charge in [-0.1, -0.05) is 0 Å². The second kappa shape index (κ2) is 3.56. The first-order chi connectivity index (χ1) is 5.59. The van der Waals surface area contributed by atoms with Crippen molar-refractivity contribution in [1.29, 1.82) is 0 Å². The molecule has 1 aliphatic carbocycles. The molecule has 12 heavy (non-hydrogen) atoms. The quantitative estimate of drug-likeness (QED) is 0.636. The van der Waals surface area contributed by atoms with E-state index in [-0.39, 0.29) is 18.2 Å². The molecule has 4 nitrogen and oxygen atoms in total. The lowest BCUT2D eigenvalue weighted by Crippen LogP contribution is -2.22.